The third-order valence-corrected chi connectivity index (χ3v) is 17.7. The van der Waals surface area contributed by atoms with Crippen molar-refractivity contribution in [2.24, 2.45) is 56.2 Å². The summed E-state index contributed by atoms with van der Waals surface area (Å²) < 4.78 is 18.4. The number of carbonyl (C=O) groups is 4. The van der Waals surface area contributed by atoms with Gasteiger partial charge in [-0.3, -0.25) is 14.4 Å². The van der Waals surface area contributed by atoms with Crippen molar-refractivity contribution in [2.75, 3.05) is 0 Å². The number of carboxylic acids is 3. The molecule has 0 amide bonds. The molecule has 60 heavy (non-hydrogen) atoms. The van der Waals surface area contributed by atoms with Crippen LogP contribution in [0.1, 0.15) is 116 Å². The standard InChI is InChI=1S/C43H64O15.2Na.2H/c1-38(2)24-8-11-43(7)33(22(44)17-20-21-18-40(4,37(54)55)13-12-39(21,3)14-15-42(20,43)6)41(24,5)10-9-25(38)57-36-32(30(49)29(48)31(58-36)35(52)53)56-23-16-19(34(50)51)26(45)28(47)27(23)46;;;;/h17,19,21,23-33,36,45-49H,8-16,18H2,1-7H3,(H,50,51)(H,52,53)(H,54,55);;;;/q;2*+1;2*-1/t19-,21-,23+,24-,25-,26+,27-,28-,29-,30-,31-,32+,33+,36-,39+,40-,41-,42+,43+;;;;/m0..../s1. The van der Waals surface area contributed by atoms with Crippen molar-refractivity contribution in [3.05, 3.63) is 11.6 Å². The van der Waals surface area contributed by atoms with Gasteiger partial charge in [0.1, 0.15) is 30.5 Å². The summed E-state index contributed by atoms with van der Waals surface area (Å²) in [5, 5.41) is 83.6. The second kappa shape index (κ2) is 17.1. The minimum absolute atomic E-state index is 0. The predicted molar refractivity (Wildman–Crippen MR) is 205 cm³/mol. The molecule has 6 fully saturated rings. The van der Waals surface area contributed by atoms with Crippen LogP contribution in [0.3, 0.4) is 0 Å². The third kappa shape index (κ3) is 7.59. The third-order valence-electron chi connectivity index (χ3n) is 17.7. The fourth-order valence-corrected chi connectivity index (χ4v) is 13.8. The van der Waals surface area contributed by atoms with Crippen molar-refractivity contribution in [1.29, 1.82) is 0 Å². The van der Waals surface area contributed by atoms with E-state index in [-0.39, 0.29) is 96.3 Å². The molecule has 0 aromatic rings. The van der Waals surface area contributed by atoms with E-state index >= 15 is 0 Å². The number of aliphatic hydroxyl groups excluding tert-OH is 5. The van der Waals surface area contributed by atoms with Crippen molar-refractivity contribution in [1.82, 2.24) is 0 Å². The normalized spacial score (nSPS) is 50.8. The van der Waals surface area contributed by atoms with Gasteiger partial charge in [-0.25, -0.2) is 4.79 Å². The second-order valence-corrected chi connectivity index (χ2v) is 21.1. The number of ketones is 1. The maximum Gasteiger partial charge on any atom is 1.00 e. The van der Waals surface area contributed by atoms with Crippen LogP contribution in [0.2, 0.25) is 0 Å². The fraction of sp³-hybridized carbons (Fsp3) is 0.860. The summed E-state index contributed by atoms with van der Waals surface area (Å²) in [5.41, 5.74) is -1.71. The number of carbonyl (C=O) groups excluding carboxylic acids is 1. The van der Waals surface area contributed by atoms with Crippen molar-refractivity contribution >= 4 is 23.7 Å². The maximum atomic E-state index is 14.9. The van der Waals surface area contributed by atoms with Gasteiger partial charge in [-0.2, -0.15) is 0 Å². The summed E-state index contributed by atoms with van der Waals surface area (Å²) in [6.45, 7) is 14.9. The Bertz CT molecular complexity index is 1760. The zero-order chi connectivity index (χ0) is 42.9. The van der Waals surface area contributed by atoms with Crippen LogP contribution in [-0.4, -0.2) is 126 Å². The van der Waals surface area contributed by atoms with E-state index in [9.17, 15) is 60.0 Å². The minimum Gasteiger partial charge on any atom is -1.00 e. The average molecular weight is 869 g/mol. The first kappa shape index (κ1) is 50.5. The molecule has 1 aliphatic heterocycles. The average Bonchev–Trinajstić information content (AvgIpc) is 3.13. The van der Waals surface area contributed by atoms with E-state index in [1.165, 1.54) is 0 Å². The molecule has 5 saturated carbocycles. The molecule has 0 radical (unpaired) electrons. The number of aliphatic hydroxyl groups is 5. The van der Waals surface area contributed by atoms with E-state index in [4.69, 9.17) is 14.2 Å². The Kier molecular flexibility index (Phi) is 14.4. The molecule has 0 aromatic heterocycles. The molecule has 0 unspecified atom stereocenters. The molecule has 0 aromatic carbocycles. The first-order valence-electron chi connectivity index (χ1n) is 21.1. The number of ether oxygens (including phenoxy) is 3. The molecular weight excluding hydrogens is 802 g/mol. The topological polar surface area (TPSA) is 258 Å². The second-order valence-electron chi connectivity index (χ2n) is 21.1. The number of carboxylic acid groups (broad SMARTS) is 3. The Labute approximate surface area is 398 Å². The summed E-state index contributed by atoms with van der Waals surface area (Å²) >= 11 is 0. The van der Waals surface area contributed by atoms with E-state index in [0.717, 1.165) is 37.7 Å². The molecular formula is C43H66Na2O15. The van der Waals surface area contributed by atoms with Gasteiger partial charge in [0, 0.05) is 5.92 Å². The first-order valence-corrected chi connectivity index (χ1v) is 21.1. The molecule has 7 aliphatic rings. The van der Waals surface area contributed by atoms with Crippen molar-refractivity contribution < 1.29 is 136 Å². The van der Waals surface area contributed by atoms with Crippen molar-refractivity contribution in [2.45, 2.75) is 174 Å². The van der Waals surface area contributed by atoms with Gasteiger partial charge in [0.15, 0.2) is 18.2 Å². The smallest absolute Gasteiger partial charge is 1.00 e. The Morgan fingerprint density at radius 2 is 1.38 bits per heavy atom. The molecule has 0 bridgehead atoms. The van der Waals surface area contributed by atoms with Crippen LogP contribution in [0.5, 0.6) is 0 Å². The number of fused-ring (bicyclic) bond motifs is 7. The molecule has 15 nitrogen and oxygen atoms in total. The molecule has 6 aliphatic carbocycles. The van der Waals surface area contributed by atoms with Gasteiger partial charge < -0.3 is 57.9 Å². The summed E-state index contributed by atoms with van der Waals surface area (Å²) in [7, 11) is 0. The SMILES string of the molecule is CC1(C)[C@@H](O[C@H]2O[C@H](C(=O)O)[C@@H](O)[C@H](O)[C@H]2O[C@@H]2C[C@H](C(=O)O)[C@@H](O)[C@H](O)[C@H]2O)CC[C@]2(C)[C@H]3C(=O)C=C4[C@@H]5C[C@@](C)(C(=O)O)CC[C@]5(C)CC[C@@]4(C)[C@]3(C)CC[C@@H]12.[H-].[H-].[Na+].[Na+]. The fourth-order valence-electron chi connectivity index (χ4n) is 13.8. The zero-order valence-electron chi connectivity index (χ0n) is 38.7. The quantitative estimate of drug-likeness (QED) is 0.0947. The van der Waals surface area contributed by atoms with E-state index in [0.29, 0.717) is 25.7 Å². The van der Waals surface area contributed by atoms with Crippen molar-refractivity contribution in [3.63, 3.8) is 0 Å². The molecule has 19 atom stereocenters. The molecule has 8 N–H and O–H groups in total. The van der Waals surface area contributed by atoms with Crippen LogP contribution in [0.25, 0.3) is 0 Å². The molecule has 7 rings (SSSR count). The van der Waals surface area contributed by atoms with E-state index < -0.39 is 113 Å². The summed E-state index contributed by atoms with van der Waals surface area (Å²) in [6.07, 6.45) is -9.05. The van der Waals surface area contributed by atoms with Gasteiger partial charge >= 0.3 is 77.0 Å². The summed E-state index contributed by atoms with van der Waals surface area (Å²) in [4.78, 5) is 51.5. The van der Waals surface area contributed by atoms with E-state index in [1.807, 2.05) is 26.8 Å². The minimum atomic E-state index is -1.99. The largest absolute Gasteiger partial charge is 1.00 e. The Hall–Kier alpha value is -0.500. The number of rotatable bonds is 7. The predicted octanol–water partition coefficient (Wildman–Crippen LogP) is -2.86. The van der Waals surface area contributed by atoms with Gasteiger partial charge in [0.2, 0.25) is 0 Å². The van der Waals surface area contributed by atoms with Crippen LogP contribution in [0, 0.1) is 56.2 Å². The number of aliphatic carboxylic acids is 3. The van der Waals surface area contributed by atoms with Crippen LogP contribution in [0.4, 0.5) is 0 Å². The molecule has 17 heteroatoms. The van der Waals surface area contributed by atoms with E-state index in [2.05, 4.69) is 27.7 Å². The first-order chi connectivity index (χ1) is 26.8. The molecule has 1 saturated heterocycles. The van der Waals surface area contributed by atoms with Crippen LogP contribution in [-0.2, 0) is 33.4 Å². The molecule has 1 heterocycles. The number of hydrogen-bond acceptors (Lipinski definition) is 12. The summed E-state index contributed by atoms with van der Waals surface area (Å²) in [5.74, 6) is -5.68. The number of allylic oxidation sites excluding steroid dienone is 2. The van der Waals surface area contributed by atoms with Gasteiger partial charge in [0.25, 0.3) is 0 Å². The molecule has 330 valence electrons. The monoisotopic (exact) mass is 868 g/mol. The van der Waals surface area contributed by atoms with E-state index in [1.54, 1.807) is 0 Å². The Morgan fingerprint density at radius 3 is 1.98 bits per heavy atom. The van der Waals surface area contributed by atoms with Gasteiger partial charge in [-0.05, 0) is 116 Å². The van der Waals surface area contributed by atoms with Crippen LogP contribution < -0.4 is 59.1 Å². The zero-order valence-corrected chi connectivity index (χ0v) is 40.7. The van der Waals surface area contributed by atoms with Gasteiger partial charge in [-0.15, -0.1) is 0 Å². The van der Waals surface area contributed by atoms with Crippen molar-refractivity contribution in [3.8, 4) is 0 Å². The van der Waals surface area contributed by atoms with Crippen LogP contribution in [0.15, 0.2) is 11.6 Å². The Morgan fingerprint density at radius 1 is 0.750 bits per heavy atom. The number of hydrogen-bond donors (Lipinski definition) is 8. The molecule has 0 spiro atoms. The van der Waals surface area contributed by atoms with Crippen LogP contribution >= 0.6 is 0 Å². The Balaban J connectivity index is 0.00000256. The van der Waals surface area contributed by atoms with Gasteiger partial charge in [0.05, 0.1) is 29.6 Å². The van der Waals surface area contributed by atoms with Gasteiger partial charge in [-0.1, -0.05) is 47.1 Å². The maximum absolute atomic E-state index is 14.9. The summed E-state index contributed by atoms with van der Waals surface area (Å²) in [6, 6.07) is 0.